The van der Waals surface area contributed by atoms with Gasteiger partial charge in [0, 0.05) is 34.0 Å². The maximum Gasteiger partial charge on any atom is 0.164 e. The first-order valence-electron chi connectivity index (χ1n) is 9.35. The maximum atomic E-state index is 9.46. The summed E-state index contributed by atoms with van der Waals surface area (Å²) in [6.45, 7) is 2.52. The van der Waals surface area contributed by atoms with Crippen LogP contribution < -0.4 is 10.2 Å². The molecule has 3 rings (SSSR count). The van der Waals surface area contributed by atoms with Crippen LogP contribution in [0.15, 0.2) is 53.6 Å². The van der Waals surface area contributed by atoms with Crippen molar-refractivity contribution < 1.29 is 9.47 Å². The Morgan fingerprint density at radius 1 is 1.10 bits per heavy atom. The van der Waals surface area contributed by atoms with E-state index >= 15 is 0 Å². The summed E-state index contributed by atoms with van der Waals surface area (Å²) >= 11 is 12.1. The van der Waals surface area contributed by atoms with Crippen LogP contribution in [0.25, 0.3) is 0 Å². The van der Waals surface area contributed by atoms with Gasteiger partial charge in [0.05, 0.1) is 12.8 Å². The van der Waals surface area contributed by atoms with Crippen molar-refractivity contribution in [2.75, 3.05) is 12.5 Å². The molecule has 3 aromatic rings. The van der Waals surface area contributed by atoms with Gasteiger partial charge in [0.1, 0.15) is 24.0 Å². The third kappa shape index (κ3) is 6.19. The van der Waals surface area contributed by atoms with Gasteiger partial charge in [-0.1, -0.05) is 29.3 Å². The van der Waals surface area contributed by atoms with E-state index in [2.05, 4.69) is 21.6 Å². The molecule has 0 aliphatic carbocycles. The monoisotopic (exact) mass is 454 g/mol. The van der Waals surface area contributed by atoms with Crippen LogP contribution in [0.4, 0.5) is 5.82 Å². The number of methoxy groups -OCH3 is 1. The van der Waals surface area contributed by atoms with Crippen molar-refractivity contribution in [1.82, 2.24) is 4.98 Å². The van der Waals surface area contributed by atoms with E-state index in [0.717, 1.165) is 22.4 Å². The molecule has 8 heteroatoms. The van der Waals surface area contributed by atoms with Gasteiger partial charge in [0.15, 0.2) is 5.82 Å². The van der Waals surface area contributed by atoms with Crippen LogP contribution in [-0.4, -0.2) is 18.3 Å². The molecule has 31 heavy (non-hydrogen) atoms. The Hall–Kier alpha value is -3.11. The van der Waals surface area contributed by atoms with Crippen LogP contribution in [0, 0.1) is 18.3 Å². The SMILES string of the molecule is COCc1cc(C)nc(NN=Cc2ccc(OCc3ccc(Cl)cc3Cl)cc2)c1C#N. The number of benzene rings is 2. The lowest BCUT2D eigenvalue weighted by atomic mass is 10.1. The second-order valence-corrected chi connectivity index (χ2v) is 7.50. The van der Waals surface area contributed by atoms with Crippen molar-refractivity contribution in [3.05, 3.63) is 86.5 Å². The number of anilines is 1. The lowest BCUT2D eigenvalue weighted by Crippen LogP contribution is -2.03. The van der Waals surface area contributed by atoms with Crippen LogP contribution in [0.2, 0.25) is 10.0 Å². The standard InChI is InChI=1S/C23H20Cl2N4O2/c1-15-9-18(13-30-2)21(11-26)23(28-15)29-27-12-16-3-7-20(8-4-16)31-14-17-5-6-19(24)10-22(17)25/h3-10,12H,13-14H2,1-2H3,(H,28,29). The average Bonchev–Trinajstić information content (AvgIpc) is 2.74. The molecule has 0 atom stereocenters. The van der Waals surface area contributed by atoms with Crippen molar-refractivity contribution in [2.24, 2.45) is 5.10 Å². The number of nitrogens with zero attached hydrogens (tertiary/aromatic N) is 3. The first kappa shape index (κ1) is 22.6. The Labute approximate surface area is 191 Å². The molecule has 1 heterocycles. The number of rotatable bonds is 8. The van der Waals surface area contributed by atoms with E-state index < -0.39 is 0 Å². The molecule has 0 fully saturated rings. The van der Waals surface area contributed by atoms with Gasteiger partial charge in [-0.3, -0.25) is 5.43 Å². The van der Waals surface area contributed by atoms with Gasteiger partial charge < -0.3 is 9.47 Å². The molecule has 0 saturated heterocycles. The number of pyridine rings is 1. The Kier molecular flexibility index (Phi) is 7.85. The fraction of sp³-hybridized carbons (Fsp3) is 0.174. The summed E-state index contributed by atoms with van der Waals surface area (Å²) in [4.78, 5) is 4.36. The van der Waals surface area contributed by atoms with Crippen LogP contribution in [-0.2, 0) is 18.0 Å². The zero-order valence-corrected chi connectivity index (χ0v) is 18.5. The number of hydrazone groups is 1. The molecular weight excluding hydrogens is 435 g/mol. The first-order valence-corrected chi connectivity index (χ1v) is 10.1. The molecule has 0 unspecified atom stereocenters. The van der Waals surface area contributed by atoms with Gasteiger partial charge in [-0.05, 0) is 55.0 Å². The predicted molar refractivity (Wildman–Crippen MR) is 123 cm³/mol. The van der Waals surface area contributed by atoms with E-state index in [1.807, 2.05) is 43.3 Å². The van der Waals surface area contributed by atoms with Crippen molar-refractivity contribution in [3.63, 3.8) is 0 Å². The summed E-state index contributed by atoms with van der Waals surface area (Å²) in [6, 6.07) is 16.7. The Morgan fingerprint density at radius 2 is 1.87 bits per heavy atom. The number of hydrogen-bond donors (Lipinski definition) is 1. The number of hydrogen-bond acceptors (Lipinski definition) is 6. The molecule has 6 nitrogen and oxygen atoms in total. The van der Waals surface area contributed by atoms with E-state index in [1.54, 1.807) is 25.5 Å². The van der Waals surface area contributed by atoms with Crippen molar-refractivity contribution in [1.29, 1.82) is 5.26 Å². The first-order chi connectivity index (χ1) is 15.0. The molecule has 1 aromatic heterocycles. The van der Waals surface area contributed by atoms with Gasteiger partial charge in [-0.2, -0.15) is 10.4 Å². The summed E-state index contributed by atoms with van der Waals surface area (Å²) in [5.41, 5.74) is 6.50. The summed E-state index contributed by atoms with van der Waals surface area (Å²) in [5, 5.41) is 14.8. The normalized spacial score (nSPS) is 10.8. The van der Waals surface area contributed by atoms with E-state index in [1.165, 1.54) is 0 Å². The van der Waals surface area contributed by atoms with E-state index in [4.69, 9.17) is 32.7 Å². The molecule has 0 bridgehead atoms. The molecule has 0 aliphatic heterocycles. The van der Waals surface area contributed by atoms with E-state index in [9.17, 15) is 5.26 Å². The Morgan fingerprint density at radius 3 is 2.55 bits per heavy atom. The van der Waals surface area contributed by atoms with Crippen LogP contribution in [0.5, 0.6) is 5.75 Å². The summed E-state index contributed by atoms with van der Waals surface area (Å²) < 4.78 is 10.9. The number of halogens is 2. The second kappa shape index (κ2) is 10.8. The highest BCUT2D eigenvalue weighted by Gasteiger charge is 2.10. The fourth-order valence-corrected chi connectivity index (χ4v) is 3.30. The lowest BCUT2D eigenvalue weighted by Gasteiger charge is -2.09. The maximum absolute atomic E-state index is 9.46. The zero-order chi connectivity index (χ0) is 22.2. The predicted octanol–water partition coefficient (Wildman–Crippen LogP) is 5.74. The van der Waals surface area contributed by atoms with Crippen molar-refractivity contribution in [3.8, 4) is 11.8 Å². The summed E-state index contributed by atoms with van der Waals surface area (Å²) in [6.07, 6.45) is 1.64. The van der Waals surface area contributed by atoms with Gasteiger partial charge in [-0.25, -0.2) is 4.98 Å². The summed E-state index contributed by atoms with van der Waals surface area (Å²) in [5.74, 6) is 1.10. The zero-order valence-electron chi connectivity index (χ0n) is 17.0. The lowest BCUT2D eigenvalue weighted by molar-refractivity contribution is 0.184. The summed E-state index contributed by atoms with van der Waals surface area (Å²) in [7, 11) is 1.58. The number of aryl methyl sites for hydroxylation is 1. The number of aromatic nitrogens is 1. The van der Waals surface area contributed by atoms with E-state index in [0.29, 0.717) is 40.4 Å². The van der Waals surface area contributed by atoms with Gasteiger partial charge in [0.25, 0.3) is 0 Å². The molecule has 2 aromatic carbocycles. The smallest absolute Gasteiger partial charge is 0.164 e. The average molecular weight is 455 g/mol. The molecule has 1 N–H and O–H groups in total. The van der Waals surface area contributed by atoms with Gasteiger partial charge >= 0.3 is 0 Å². The molecule has 0 spiro atoms. The molecule has 158 valence electrons. The minimum Gasteiger partial charge on any atom is -0.489 e. The highest BCUT2D eigenvalue weighted by atomic mass is 35.5. The highest BCUT2D eigenvalue weighted by Crippen LogP contribution is 2.23. The Bertz CT molecular complexity index is 1130. The largest absolute Gasteiger partial charge is 0.489 e. The van der Waals surface area contributed by atoms with Crippen LogP contribution in [0.3, 0.4) is 0 Å². The Balaban J connectivity index is 1.63. The molecule has 0 radical (unpaired) electrons. The molecule has 0 saturated carbocycles. The number of nitriles is 1. The van der Waals surface area contributed by atoms with E-state index in [-0.39, 0.29) is 0 Å². The minimum atomic E-state index is 0.327. The van der Waals surface area contributed by atoms with Crippen LogP contribution >= 0.6 is 23.2 Å². The minimum absolute atomic E-state index is 0.327. The van der Waals surface area contributed by atoms with Crippen LogP contribution in [0.1, 0.15) is 27.9 Å². The molecule has 0 aliphatic rings. The highest BCUT2D eigenvalue weighted by molar-refractivity contribution is 6.35. The molecule has 0 amide bonds. The number of ether oxygens (including phenoxy) is 2. The topological polar surface area (TPSA) is 79.5 Å². The fourth-order valence-electron chi connectivity index (χ4n) is 2.83. The second-order valence-electron chi connectivity index (χ2n) is 6.65. The molecular formula is C23H20Cl2N4O2. The third-order valence-electron chi connectivity index (χ3n) is 4.31. The third-order valence-corrected chi connectivity index (χ3v) is 4.90. The van der Waals surface area contributed by atoms with Crippen molar-refractivity contribution >= 4 is 35.2 Å². The number of nitrogens with one attached hydrogen (secondary N) is 1. The quantitative estimate of drug-likeness (QED) is 0.346. The van der Waals surface area contributed by atoms with Gasteiger partial charge in [0.2, 0.25) is 0 Å². The van der Waals surface area contributed by atoms with Gasteiger partial charge in [-0.15, -0.1) is 0 Å². The van der Waals surface area contributed by atoms with Crippen molar-refractivity contribution in [2.45, 2.75) is 20.1 Å².